The number of hydrogen-bond donors (Lipinski definition) is 2. The van der Waals surface area contributed by atoms with Gasteiger partial charge in [0.25, 0.3) is 0 Å². The minimum Gasteiger partial charge on any atom is -0.376 e. The number of amides is 1. The number of anilines is 1. The number of benzene rings is 2. The molecule has 0 saturated carbocycles. The van der Waals surface area contributed by atoms with Gasteiger partial charge in [0.05, 0.1) is 6.54 Å². The summed E-state index contributed by atoms with van der Waals surface area (Å²) in [5.74, 6) is 0.132. The van der Waals surface area contributed by atoms with Crippen LogP contribution in [0.5, 0.6) is 0 Å². The van der Waals surface area contributed by atoms with Crippen molar-refractivity contribution in [3.05, 3.63) is 65.2 Å². The summed E-state index contributed by atoms with van der Waals surface area (Å²) in [6.07, 6.45) is 1.00. The Morgan fingerprint density at radius 3 is 2.52 bits per heavy atom. The van der Waals surface area contributed by atoms with Crippen LogP contribution in [0.1, 0.15) is 16.7 Å². The lowest BCUT2D eigenvalue weighted by molar-refractivity contribution is -0.130. The van der Waals surface area contributed by atoms with Gasteiger partial charge in [-0.3, -0.25) is 4.79 Å². The maximum absolute atomic E-state index is 12.9. The summed E-state index contributed by atoms with van der Waals surface area (Å²) in [6.45, 7) is 4.44. The van der Waals surface area contributed by atoms with Crippen molar-refractivity contribution < 1.29 is 4.79 Å². The highest BCUT2D eigenvalue weighted by molar-refractivity contribution is 5.85. The molecule has 2 aromatic carbocycles. The van der Waals surface area contributed by atoms with Gasteiger partial charge in [-0.25, -0.2) is 0 Å². The Hall–Kier alpha value is -1.79. The van der Waals surface area contributed by atoms with Crippen LogP contribution in [-0.2, 0) is 24.3 Å². The molecule has 0 atom stereocenters. The highest BCUT2D eigenvalue weighted by atomic mass is 35.5. The van der Waals surface area contributed by atoms with Crippen molar-refractivity contribution in [3.63, 3.8) is 0 Å². The number of nitrogens with zero attached hydrogens (tertiary/aromatic N) is 2. The summed E-state index contributed by atoms with van der Waals surface area (Å²) in [5, 5.41) is 6.79. The lowest BCUT2D eigenvalue weighted by atomic mass is 9.99. The number of carbonyl (C=O) groups is 1. The zero-order chi connectivity index (χ0) is 19.1. The van der Waals surface area contributed by atoms with Gasteiger partial charge < -0.3 is 20.4 Å². The molecule has 0 fully saturated rings. The normalized spacial score (nSPS) is 12.4. The van der Waals surface area contributed by atoms with Crippen LogP contribution < -0.4 is 10.6 Å². The van der Waals surface area contributed by atoms with E-state index in [1.165, 1.54) is 11.1 Å². The largest absolute Gasteiger partial charge is 0.376 e. The van der Waals surface area contributed by atoms with E-state index in [1.54, 1.807) is 0 Å². The third kappa shape index (κ3) is 7.52. The molecule has 0 radical (unpaired) electrons. The number of likely N-dealkylation sites (N-methyl/N-ethyl adjacent to an activating group) is 1. The molecule has 0 spiro atoms. The molecule has 0 unspecified atom stereocenters. The first-order chi connectivity index (χ1) is 13.1. The number of rotatable bonds is 8. The van der Waals surface area contributed by atoms with Gasteiger partial charge in [0.1, 0.15) is 0 Å². The molecule has 1 aliphatic heterocycles. The second kappa shape index (κ2) is 12.7. The highest BCUT2D eigenvalue weighted by Gasteiger charge is 2.16. The summed E-state index contributed by atoms with van der Waals surface area (Å²) in [7, 11) is 4.07. The lowest BCUT2D eigenvalue weighted by Gasteiger charge is -2.26. The van der Waals surface area contributed by atoms with E-state index in [0.29, 0.717) is 13.1 Å². The molecule has 0 saturated heterocycles. The molecule has 2 N–H and O–H groups in total. The fourth-order valence-corrected chi connectivity index (χ4v) is 3.40. The lowest BCUT2D eigenvalue weighted by Crippen LogP contribution is -2.39. The van der Waals surface area contributed by atoms with E-state index in [0.717, 1.165) is 43.9 Å². The van der Waals surface area contributed by atoms with Crippen LogP contribution in [-0.4, -0.2) is 56.0 Å². The van der Waals surface area contributed by atoms with Crippen LogP contribution in [0.25, 0.3) is 0 Å². The molecule has 3 rings (SSSR count). The minimum atomic E-state index is 0. The van der Waals surface area contributed by atoms with E-state index in [1.807, 2.05) is 37.2 Å². The second-order valence-electron chi connectivity index (χ2n) is 7.33. The molecular weight excluding hydrogens is 407 g/mol. The molecule has 0 aromatic heterocycles. The molecule has 29 heavy (non-hydrogen) atoms. The van der Waals surface area contributed by atoms with Crippen molar-refractivity contribution in [3.8, 4) is 0 Å². The highest BCUT2D eigenvalue weighted by Crippen LogP contribution is 2.23. The SMILES string of the molecule is CN(C)CCN(Cc1ccccc1)C(=O)CNc1cccc2c1CCNC2.Cl.Cl. The fraction of sp³-hybridized carbons (Fsp3) is 0.409. The van der Waals surface area contributed by atoms with Crippen LogP contribution in [0.3, 0.4) is 0 Å². The first kappa shape index (κ1) is 25.2. The Labute approximate surface area is 186 Å². The predicted molar refractivity (Wildman–Crippen MR) is 125 cm³/mol. The quantitative estimate of drug-likeness (QED) is 0.664. The Balaban J connectivity index is 0.00000210. The maximum Gasteiger partial charge on any atom is 0.242 e. The molecule has 7 heteroatoms. The minimum absolute atomic E-state index is 0. The molecular formula is C22H32Cl2N4O. The van der Waals surface area contributed by atoms with Crippen LogP contribution in [0, 0.1) is 0 Å². The molecule has 0 aliphatic carbocycles. The van der Waals surface area contributed by atoms with Gasteiger partial charge in [0.2, 0.25) is 5.91 Å². The Morgan fingerprint density at radius 2 is 1.79 bits per heavy atom. The summed E-state index contributed by atoms with van der Waals surface area (Å²) >= 11 is 0. The van der Waals surface area contributed by atoms with Crippen molar-refractivity contribution >= 4 is 36.4 Å². The standard InChI is InChI=1S/C22H30N4O.2ClH/c1-25(2)13-14-26(17-18-7-4-3-5-8-18)22(27)16-24-21-10-6-9-19-15-23-12-11-20(19)21;;/h3-10,23-24H,11-17H2,1-2H3;2*1H. The van der Waals surface area contributed by atoms with Gasteiger partial charge in [-0.2, -0.15) is 0 Å². The summed E-state index contributed by atoms with van der Waals surface area (Å²) in [6, 6.07) is 16.5. The van der Waals surface area contributed by atoms with Gasteiger partial charge in [-0.1, -0.05) is 42.5 Å². The molecule has 1 aliphatic rings. The van der Waals surface area contributed by atoms with Crippen LogP contribution in [0.15, 0.2) is 48.5 Å². The molecule has 1 amide bonds. The predicted octanol–water partition coefficient (Wildman–Crippen LogP) is 3.18. The number of nitrogens with one attached hydrogen (secondary N) is 2. The first-order valence-corrected chi connectivity index (χ1v) is 9.65. The van der Waals surface area contributed by atoms with Gasteiger partial charge in [-0.05, 0) is 49.8 Å². The third-order valence-electron chi connectivity index (χ3n) is 4.96. The van der Waals surface area contributed by atoms with Gasteiger partial charge in [0, 0.05) is 31.9 Å². The number of carbonyl (C=O) groups excluding carboxylic acids is 1. The average Bonchev–Trinajstić information content (AvgIpc) is 2.70. The second-order valence-corrected chi connectivity index (χ2v) is 7.33. The van der Waals surface area contributed by atoms with Crippen molar-refractivity contribution in [1.82, 2.24) is 15.1 Å². The Bertz CT molecular complexity index is 756. The Kier molecular flexibility index (Phi) is 11.1. The maximum atomic E-state index is 12.9. The molecule has 2 aromatic rings. The topological polar surface area (TPSA) is 47.6 Å². The number of hydrogen-bond acceptors (Lipinski definition) is 4. The van der Waals surface area contributed by atoms with E-state index >= 15 is 0 Å². The molecule has 1 heterocycles. The summed E-state index contributed by atoms with van der Waals surface area (Å²) in [5.41, 5.74) is 4.92. The number of fused-ring (bicyclic) bond motifs is 1. The molecule has 0 bridgehead atoms. The van der Waals surface area contributed by atoms with Gasteiger partial charge >= 0.3 is 0 Å². The summed E-state index contributed by atoms with van der Waals surface area (Å²) in [4.78, 5) is 17.0. The van der Waals surface area contributed by atoms with Crippen LogP contribution in [0.2, 0.25) is 0 Å². The average molecular weight is 439 g/mol. The summed E-state index contributed by atoms with van der Waals surface area (Å²) < 4.78 is 0. The van der Waals surface area contributed by atoms with E-state index in [-0.39, 0.29) is 30.7 Å². The van der Waals surface area contributed by atoms with E-state index < -0.39 is 0 Å². The Morgan fingerprint density at radius 1 is 1.03 bits per heavy atom. The van der Waals surface area contributed by atoms with Gasteiger partial charge in [0.15, 0.2) is 0 Å². The zero-order valence-corrected chi connectivity index (χ0v) is 18.8. The molecule has 5 nitrogen and oxygen atoms in total. The smallest absolute Gasteiger partial charge is 0.242 e. The zero-order valence-electron chi connectivity index (χ0n) is 17.2. The third-order valence-corrected chi connectivity index (χ3v) is 4.96. The fourth-order valence-electron chi connectivity index (χ4n) is 3.40. The monoisotopic (exact) mass is 438 g/mol. The van der Waals surface area contributed by atoms with E-state index in [9.17, 15) is 4.79 Å². The molecule has 160 valence electrons. The van der Waals surface area contributed by atoms with Crippen molar-refractivity contribution in [2.75, 3.05) is 45.6 Å². The van der Waals surface area contributed by atoms with E-state index in [2.05, 4.69) is 45.9 Å². The van der Waals surface area contributed by atoms with Crippen molar-refractivity contribution in [1.29, 1.82) is 0 Å². The van der Waals surface area contributed by atoms with Crippen LogP contribution in [0.4, 0.5) is 5.69 Å². The van der Waals surface area contributed by atoms with Crippen LogP contribution >= 0.6 is 24.8 Å². The van der Waals surface area contributed by atoms with E-state index in [4.69, 9.17) is 0 Å². The van der Waals surface area contributed by atoms with Crippen molar-refractivity contribution in [2.45, 2.75) is 19.5 Å². The number of halogens is 2. The van der Waals surface area contributed by atoms with Crippen molar-refractivity contribution in [2.24, 2.45) is 0 Å². The van der Waals surface area contributed by atoms with Gasteiger partial charge in [-0.15, -0.1) is 24.8 Å². The first-order valence-electron chi connectivity index (χ1n) is 9.65.